The first-order valence-corrected chi connectivity index (χ1v) is 11.0. The monoisotopic (exact) mass is 459 g/mol. The number of fused-ring (bicyclic) bond motifs is 1. The van der Waals surface area contributed by atoms with E-state index in [0.717, 1.165) is 16.7 Å². The van der Waals surface area contributed by atoms with Crippen molar-refractivity contribution in [2.75, 3.05) is 0 Å². The zero-order valence-electron chi connectivity index (χ0n) is 19.3. The number of carbonyl (C=O) groups is 2. The van der Waals surface area contributed by atoms with Crippen LogP contribution < -0.4 is 0 Å². The van der Waals surface area contributed by atoms with Gasteiger partial charge in [0.2, 0.25) is 0 Å². The minimum absolute atomic E-state index is 0.108. The van der Waals surface area contributed by atoms with Gasteiger partial charge >= 0.3 is 5.97 Å². The van der Waals surface area contributed by atoms with Gasteiger partial charge < -0.3 is 14.4 Å². The van der Waals surface area contributed by atoms with Crippen LogP contribution >= 0.6 is 0 Å². The fraction of sp³-hybridized carbons (Fsp3) is 0.214. The minimum atomic E-state index is -1.27. The molecule has 1 heterocycles. The summed E-state index contributed by atoms with van der Waals surface area (Å²) in [7, 11) is 0. The Bertz CT molecular complexity index is 1350. The fourth-order valence-electron chi connectivity index (χ4n) is 3.70. The van der Waals surface area contributed by atoms with Crippen molar-refractivity contribution >= 4 is 22.7 Å². The third-order valence-corrected chi connectivity index (χ3v) is 5.89. The van der Waals surface area contributed by atoms with Crippen molar-refractivity contribution in [3.05, 3.63) is 107 Å². The molecule has 0 aliphatic rings. The molecule has 4 rings (SSSR count). The van der Waals surface area contributed by atoms with E-state index < -0.39 is 11.6 Å². The van der Waals surface area contributed by atoms with Crippen LogP contribution in [-0.4, -0.2) is 27.0 Å². The average Bonchev–Trinajstić information content (AvgIpc) is 3.16. The Morgan fingerprint density at radius 2 is 1.62 bits per heavy atom. The molecule has 34 heavy (non-hydrogen) atoms. The number of hydrogen-bond donors (Lipinski definition) is 1. The molecule has 4 aromatic rings. The van der Waals surface area contributed by atoms with Gasteiger partial charge in [0.1, 0.15) is 5.82 Å². The summed E-state index contributed by atoms with van der Waals surface area (Å²) in [4.78, 5) is 24.4. The highest BCUT2D eigenvalue weighted by atomic mass is 19.1. The summed E-state index contributed by atoms with van der Waals surface area (Å²) in [6, 6.07) is 19.4. The number of halogens is 1. The lowest BCUT2D eigenvalue weighted by atomic mass is 10.0. The quantitative estimate of drug-likeness (QED) is 0.341. The number of carboxylic acid groups (broad SMARTS) is 1. The first-order valence-electron chi connectivity index (χ1n) is 11.0. The lowest BCUT2D eigenvalue weighted by Gasteiger charge is -2.20. The van der Waals surface area contributed by atoms with Gasteiger partial charge in [-0.3, -0.25) is 4.79 Å². The molecule has 0 amide bonds. The predicted octanol–water partition coefficient (Wildman–Crippen LogP) is 5.75. The number of hydrogen-bond acceptors (Lipinski definition) is 3. The van der Waals surface area contributed by atoms with Crippen LogP contribution in [-0.2, 0) is 22.7 Å². The zero-order valence-corrected chi connectivity index (χ0v) is 19.3. The van der Waals surface area contributed by atoms with Gasteiger partial charge in [-0.25, -0.2) is 9.18 Å². The normalized spacial score (nSPS) is 11.6. The van der Waals surface area contributed by atoms with Crippen molar-refractivity contribution in [1.29, 1.82) is 0 Å². The second-order valence-corrected chi connectivity index (χ2v) is 8.95. The first-order chi connectivity index (χ1) is 16.1. The average molecular weight is 460 g/mol. The molecule has 0 unspecified atom stereocenters. The van der Waals surface area contributed by atoms with E-state index in [2.05, 4.69) is 0 Å². The maximum atomic E-state index is 14.1. The second kappa shape index (κ2) is 9.23. The third kappa shape index (κ3) is 4.92. The topological polar surface area (TPSA) is 68.5 Å². The molecule has 0 radical (unpaired) electrons. The summed E-state index contributed by atoms with van der Waals surface area (Å²) in [6.07, 6.45) is 1.78. The predicted molar refractivity (Wildman–Crippen MR) is 129 cm³/mol. The summed E-state index contributed by atoms with van der Waals surface area (Å²) >= 11 is 0. The number of aliphatic carboxylic acids is 1. The van der Waals surface area contributed by atoms with E-state index >= 15 is 0 Å². The number of carbonyl (C=O) groups excluding carboxylic acids is 1. The molecular weight excluding hydrogens is 433 g/mol. The van der Waals surface area contributed by atoms with Crippen LogP contribution in [0.5, 0.6) is 0 Å². The van der Waals surface area contributed by atoms with Gasteiger partial charge in [-0.2, -0.15) is 0 Å². The number of ether oxygens (including phenoxy) is 1. The second-order valence-electron chi connectivity index (χ2n) is 8.95. The summed E-state index contributed by atoms with van der Waals surface area (Å²) in [6.45, 7) is 5.60. The van der Waals surface area contributed by atoms with Gasteiger partial charge in [0.05, 0.1) is 12.1 Å². The molecule has 5 nitrogen and oxygen atoms in total. The Balaban J connectivity index is 1.60. The Morgan fingerprint density at radius 1 is 0.971 bits per heavy atom. The van der Waals surface area contributed by atoms with Gasteiger partial charge in [0, 0.05) is 29.3 Å². The molecule has 0 aliphatic heterocycles. The van der Waals surface area contributed by atoms with Crippen molar-refractivity contribution in [3.63, 3.8) is 0 Å². The summed E-state index contributed by atoms with van der Waals surface area (Å²) in [5.74, 6) is -1.49. The van der Waals surface area contributed by atoms with Gasteiger partial charge in [0.25, 0.3) is 0 Å². The third-order valence-electron chi connectivity index (χ3n) is 5.89. The summed E-state index contributed by atoms with van der Waals surface area (Å²) in [5, 5.41) is 9.88. The first kappa shape index (κ1) is 23.4. The molecular formula is C28H26FNO4. The Kier molecular flexibility index (Phi) is 6.35. The Morgan fingerprint density at radius 3 is 2.26 bits per heavy atom. The number of rotatable bonds is 8. The van der Waals surface area contributed by atoms with Crippen LogP contribution in [0.2, 0.25) is 0 Å². The number of benzene rings is 3. The van der Waals surface area contributed by atoms with Crippen LogP contribution in [0.3, 0.4) is 0 Å². The zero-order chi connectivity index (χ0) is 24.5. The number of carboxylic acids is 1. The SMILES string of the molecule is Cc1ccc(C(=O)c2cn(Cc3ccc(COC(C)(C)C(=O)O)cc3)c3cc(F)ccc23)cc1. The van der Waals surface area contributed by atoms with E-state index in [1.165, 1.54) is 26.0 Å². The van der Waals surface area contributed by atoms with Gasteiger partial charge in [-0.15, -0.1) is 0 Å². The summed E-state index contributed by atoms with van der Waals surface area (Å²) < 4.78 is 21.4. The number of ketones is 1. The van der Waals surface area contributed by atoms with Crippen LogP contribution in [0.15, 0.2) is 72.9 Å². The molecule has 0 spiro atoms. The van der Waals surface area contributed by atoms with E-state index in [-0.39, 0.29) is 18.2 Å². The van der Waals surface area contributed by atoms with Gasteiger partial charge in [-0.05, 0) is 50.1 Å². The fourth-order valence-corrected chi connectivity index (χ4v) is 3.70. The van der Waals surface area contributed by atoms with Crippen LogP contribution in [0.25, 0.3) is 10.9 Å². The highest BCUT2D eigenvalue weighted by Crippen LogP contribution is 2.26. The van der Waals surface area contributed by atoms with Crippen LogP contribution in [0.1, 0.15) is 46.5 Å². The van der Waals surface area contributed by atoms with E-state index in [0.29, 0.717) is 28.6 Å². The van der Waals surface area contributed by atoms with E-state index in [9.17, 15) is 19.1 Å². The van der Waals surface area contributed by atoms with Crippen molar-refractivity contribution in [1.82, 2.24) is 4.57 Å². The molecule has 1 aromatic heterocycles. The lowest BCUT2D eigenvalue weighted by molar-refractivity contribution is -0.162. The molecule has 1 N–H and O–H groups in total. The van der Waals surface area contributed by atoms with E-state index in [1.54, 1.807) is 24.4 Å². The van der Waals surface area contributed by atoms with Crippen LogP contribution in [0.4, 0.5) is 4.39 Å². The van der Waals surface area contributed by atoms with Crippen molar-refractivity contribution < 1.29 is 23.8 Å². The highest BCUT2D eigenvalue weighted by Gasteiger charge is 2.27. The molecule has 6 heteroatoms. The number of nitrogens with zero attached hydrogens (tertiary/aromatic N) is 1. The maximum absolute atomic E-state index is 14.1. The standard InChI is InChI=1S/C28H26FNO4/c1-18-4-10-21(11-5-18)26(31)24-16-30(25-14-22(29)12-13-23(24)25)15-19-6-8-20(9-7-19)17-34-28(2,3)27(32)33/h4-14,16H,15,17H2,1-3H3,(H,32,33). The number of aromatic nitrogens is 1. The van der Waals surface area contributed by atoms with Crippen LogP contribution in [0, 0.1) is 12.7 Å². The molecule has 0 fully saturated rings. The molecule has 0 bridgehead atoms. The Labute approximate surface area is 197 Å². The molecule has 0 saturated carbocycles. The maximum Gasteiger partial charge on any atom is 0.335 e. The lowest BCUT2D eigenvalue weighted by Crippen LogP contribution is -2.34. The number of aryl methyl sites for hydroxylation is 1. The van der Waals surface area contributed by atoms with E-state index in [4.69, 9.17) is 4.74 Å². The van der Waals surface area contributed by atoms with Crippen molar-refractivity contribution in [2.24, 2.45) is 0 Å². The molecule has 0 aliphatic carbocycles. The van der Waals surface area contributed by atoms with Crippen molar-refractivity contribution in [2.45, 2.75) is 39.5 Å². The summed E-state index contributed by atoms with van der Waals surface area (Å²) in [5.41, 5.74) is 3.36. The van der Waals surface area contributed by atoms with E-state index in [1.807, 2.05) is 47.9 Å². The highest BCUT2D eigenvalue weighted by molar-refractivity contribution is 6.16. The Hall–Kier alpha value is -3.77. The minimum Gasteiger partial charge on any atom is -0.479 e. The smallest absolute Gasteiger partial charge is 0.335 e. The molecule has 3 aromatic carbocycles. The van der Waals surface area contributed by atoms with Crippen molar-refractivity contribution in [3.8, 4) is 0 Å². The molecule has 0 saturated heterocycles. The van der Waals surface area contributed by atoms with Gasteiger partial charge in [0.15, 0.2) is 11.4 Å². The van der Waals surface area contributed by atoms with Gasteiger partial charge in [-0.1, -0.05) is 54.1 Å². The molecule has 0 atom stereocenters. The largest absolute Gasteiger partial charge is 0.479 e. The molecule has 174 valence electrons.